The third-order valence-corrected chi connectivity index (χ3v) is 4.51. The van der Waals surface area contributed by atoms with Crippen molar-refractivity contribution in [2.45, 2.75) is 52.0 Å². The first-order chi connectivity index (χ1) is 11.2. The highest BCUT2D eigenvalue weighted by atomic mass is 16.6. The molecule has 1 heterocycles. The van der Waals surface area contributed by atoms with Crippen molar-refractivity contribution in [2.75, 3.05) is 13.2 Å². The molecule has 0 saturated carbocycles. The molecule has 0 unspecified atom stereocenters. The van der Waals surface area contributed by atoms with Gasteiger partial charge in [-0.2, -0.15) is 0 Å². The first kappa shape index (κ1) is 18.3. The molecule has 1 aliphatic heterocycles. The van der Waals surface area contributed by atoms with Crippen molar-refractivity contribution in [3.05, 3.63) is 35.9 Å². The Morgan fingerprint density at radius 1 is 1.25 bits per heavy atom. The van der Waals surface area contributed by atoms with Gasteiger partial charge in [-0.25, -0.2) is 4.79 Å². The van der Waals surface area contributed by atoms with E-state index in [0.29, 0.717) is 19.4 Å². The van der Waals surface area contributed by atoms with Crippen LogP contribution in [-0.2, 0) is 16.0 Å². The van der Waals surface area contributed by atoms with Crippen molar-refractivity contribution in [2.24, 2.45) is 5.41 Å². The maximum atomic E-state index is 12.5. The second-order valence-electron chi connectivity index (χ2n) is 7.66. The van der Waals surface area contributed by atoms with Crippen LogP contribution in [0, 0.1) is 5.41 Å². The van der Waals surface area contributed by atoms with E-state index in [4.69, 9.17) is 4.74 Å². The lowest BCUT2D eigenvalue weighted by Gasteiger charge is -2.39. The number of ether oxygens (including phenoxy) is 1. The fourth-order valence-electron chi connectivity index (χ4n) is 3.07. The monoisotopic (exact) mass is 332 g/mol. The zero-order valence-corrected chi connectivity index (χ0v) is 14.7. The maximum Gasteiger partial charge on any atom is 0.410 e. The number of benzene rings is 1. The molecular formula is C19H26NO4-. The Hall–Kier alpha value is -2.04. The molecule has 0 spiro atoms. The van der Waals surface area contributed by atoms with Gasteiger partial charge in [0, 0.05) is 13.0 Å². The molecule has 0 N–H and O–H groups in total. The second kappa shape index (κ2) is 7.24. The van der Waals surface area contributed by atoms with E-state index in [0.717, 1.165) is 12.0 Å². The number of carbonyl (C=O) groups is 2. The first-order valence-electron chi connectivity index (χ1n) is 8.44. The van der Waals surface area contributed by atoms with E-state index in [1.165, 1.54) is 4.90 Å². The summed E-state index contributed by atoms with van der Waals surface area (Å²) in [4.78, 5) is 25.7. The zero-order chi connectivity index (χ0) is 17.8. The lowest BCUT2D eigenvalue weighted by atomic mass is 9.88. The summed E-state index contributed by atoms with van der Waals surface area (Å²) in [5.41, 5.74) is -0.392. The number of rotatable bonds is 5. The Morgan fingerprint density at radius 3 is 2.50 bits per heavy atom. The summed E-state index contributed by atoms with van der Waals surface area (Å²) in [5, 5.41) is 11.9. The predicted octanol–water partition coefficient (Wildman–Crippen LogP) is 2.39. The first-order valence-corrected chi connectivity index (χ1v) is 8.44. The number of carboxylic acid groups (broad SMARTS) is 1. The molecular weight excluding hydrogens is 306 g/mol. The van der Waals surface area contributed by atoms with Crippen LogP contribution in [0.3, 0.4) is 0 Å². The Morgan fingerprint density at radius 2 is 1.92 bits per heavy atom. The van der Waals surface area contributed by atoms with E-state index >= 15 is 0 Å². The molecule has 0 aromatic heterocycles. The average Bonchev–Trinajstić information content (AvgIpc) is 2.92. The van der Waals surface area contributed by atoms with Crippen molar-refractivity contribution < 1.29 is 19.4 Å². The number of hydrogen-bond acceptors (Lipinski definition) is 4. The number of nitrogens with zero attached hydrogens (tertiary/aromatic N) is 1. The Bertz CT molecular complexity index is 579. The van der Waals surface area contributed by atoms with Crippen LogP contribution < -0.4 is 5.11 Å². The van der Waals surface area contributed by atoms with Crippen LogP contribution in [0.1, 0.15) is 45.6 Å². The molecule has 1 aromatic carbocycles. The largest absolute Gasteiger partial charge is 0.548 e. The van der Waals surface area contributed by atoms with E-state index in [-0.39, 0.29) is 18.4 Å². The second-order valence-corrected chi connectivity index (χ2v) is 7.66. The van der Waals surface area contributed by atoms with Gasteiger partial charge in [-0.05, 0) is 30.2 Å². The third kappa shape index (κ3) is 4.28. The average molecular weight is 332 g/mol. The van der Waals surface area contributed by atoms with Crippen molar-refractivity contribution in [3.8, 4) is 0 Å². The fourth-order valence-corrected chi connectivity index (χ4v) is 3.07. The number of likely N-dealkylation sites (tertiary alicyclic amines) is 1. The summed E-state index contributed by atoms with van der Waals surface area (Å²) in [7, 11) is 0. The van der Waals surface area contributed by atoms with Crippen LogP contribution in [0.5, 0.6) is 0 Å². The fraction of sp³-hybridized carbons (Fsp3) is 0.579. The molecule has 2 rings (SSSR count). The summed E-state index contributed by atoms with van der Waals surface area (Å²) in [6, 6.07) is 9.33. The van der Waals surface area contributed by atoms with Crippen LogP contribution in [0.2, 0.25) is 0 Å². The van der Waals surface area contributed by atoms with Gasteiger partial charge < -0.3 is 14.6 Å². The standard InChI is InChI=1S/C19H27NO4/c1-18(2,3)11-13-24-17(23)20-12-7-10-19(20,16(21)22)14-15-8-5-4-6-9-15/h4-6,8-9H,7,10-14H2,1-3H3,(H,21,22)/p-1/t19-/m1/s1. The van der Waals surface area contributed by atoms with Crippen molar-refractivity contribution >= 4 is 12.1 Å². The van der Waals surface area contributed by atoms with E-state index in [1.807, 2.05) is 30.3 Å². The molecule has 1 saturated heterocycles. The molecule has 24 heavy (non-hydrogen) atoms. The minimum absolute atomic E-state index is 0.0563. The van der Waals surface area contributed by atoms with Gasteiger partial charge in [-0.3, -0.25) is 4.90 Å². The van der Waals surface area contributed by atoms with Gasteiger partial charge in [0.05, 0.1) is 18.1 Å². The molecule has 132 valence electrons. The van der Waals surface area contributed by atoms with Gasteiger partial charge in [0.1, 0.15) is 0 Å². The molecule has 1 aliphatic rings. The molecule has 0 aliphatic carbocycles. The van der Waals surface area contributed by atoms with E-state index in [1.54, 1.807) is 0 Å². The van der Waals surface area contributed by atoms with E-state index < -0.39 is 17.6 Å². The van der Waals surface area contributed by atoms with Crippen LogP contribution in [-0.4, -0.2) is 35.7 Å². The summed E-state index contributed by atoms with van der Waals surface area (Å²) in [6.45, 7) is 6.87. The number of amides is 1. The highest BCUT2D eigenvalue weighted by Gasteiger charge is 2.45. The predicted molar refractivity (Wildman–Crippen MR) is 89.2 cm³/mol. The van der Waals surface area contributed by atoms with Gasteiger partial charge in [-0.1, -0.05) is 51.1 Å². The van der Waals surface area contributed by atoms with Gasteiger partial charge in [0.15, 0.2) is 0 Å². The Balaban J connectivity index is 2.12. The third-order valence-electron chi connectivity index (χ3n) is 4.51. The Labute approximate surface area is 143 Å². The van der Waals surface area contributed by atoms with E-state index in [2.05, 4.69) is 20.8 Å². The summed E-state index contributed by atoms with van der Waals surface area (Å²) < 4.78 is 5.34. The Kier molecular flexibility index (Phi) is 5.52. The maximum absolute atomic E-state index is 12.5. The molecule has 1 fully saturated rings. The minimum Gasteiger partial charge on any atom is -0.548 e. The van der Waals surface area contributed by atoms with Crippen molar-refractivity contribution in [1.82, 2.24) is 4.90 Å². The topological polar surface area (TPSA) is 69.7 Å². The van der Waals surface area contributed by atoms with Gasteiger partial charge in [0.2, 0.25) is 0 Å². The van der Waals surface area contributed by atoms with Gasteiger partial charge >= 0.3 is 6.09 Å². The quantitative estimate of drug-likeness (QED) is 0.830. The lowest BCUT2D eigenvalue weighted by Crippen LogP contribution is -2.60. The van der Waals surface area contributed by atoms with E-state index in [9.17, 15) is 14.7 Å². The summed E-state index contributed by atoms with van der Waals surface area (Å²) in [6.07, 6.45) is 1.43. The number of carboxylic acids is 1. The lowest BCUT2D eigenvalue weighted by molar-refractivity contribution is -0.317. The zero-order valence-electron chi connectivity index (χ0n) is 14.7. The molecule has 1 atom stereocenters. The van der Waals surface area contributed by atoms with Crippen LogP contribution in [0.15, 0.2) is 30.3 Å². The summed E-state index contributed by atoms with van der Waals surface area (Å²) in [5.74, 6) is -1.21. The van der Waals surface area contributed by atoms with Gasteiger partial charge in [0.25, 0.3) is 0 Å². The smallest absolute Gasteiger partial charge is 0.410 e. The molecule has 1 amide bonds. The minimum atomic E-state index is -1.32. The van der Waals surface area contributed by atoms with Gasteiger partial charge in [-0.15, -0.1) is 0 Å². The van der Waals surface area contributed by atoms with Crippen LogP contribution in [0.25, 0.3) is 0 Å². The molecule has 0 bridgehead atoms. The van der Waals surface area contributed by atoms with Crippen molar-refractivity contribution in [1.29, 1.82) is 0 Å². The van der Waals surface area contributed by atoms with Crippen LogP contribution in [0.4, 0.5) is 4.79 Å². The molecule has 1 aromatic rings. The molecule has 5 nitrogen and oxygen atoms in total. The SMILES string of the molecule is CC(C)(C)CCOC(=O)N1CCC[C@@]1(Cc1ccccc1)C(=O)[O-]. The number of aliphatic carboxylic acids is 1. The number of carbonyl (C=O) groups excluding carboxylic acids is 2. The highest BCUT2D eigenvalue weighted by molar-refractivity contribution is 5.84. The van der Waals surface area contributed by atoms with Crippen LogP contribution >= 0.6 is 0 Å². The summed E-state index contributed by atoms with van der Waals surface area (Å²) >= 11 is 0. The number of hydrogen-bond donors (Lipinski definition) is 0. The normalized spacial score (nSPS) is 20.9. The highest BCUT2D eigenvalue weighted by Crippen LogP contribution is 2.33. The van der Waals surface area contributed by atoms with Crippen molar-refractivity contribution in [3.63, 3.8) is 0 Å². The molecule has 5 heteroatoms. The molecule has 0 radical (unpaired) electrons.